The van der Waals surface area contributed by atoms with E-state index >= 15 is 0 Å². The first kappa shape index (κ1) is 23.4. The fraction of sp³-hybridized carbons (Fsp3) is 0.370. The monoisotopic (exact) mass is 477 g/mol. The lowest BCUT2D eigenvalue weighted by Crippen LogP contribution is -2.34. The SMILES string of the molecule is OC(COCc1ccco1)CN(Cc1ccco1)Cc1c(-c2ccccc2)noc1N1CCCC1. The lowest BCUT2D eigenvalue weighted by molar-refractivity contribution is 0.00165. The van der Waals surface area contributed by atoms with Gasteiger partial charge in [0.15, 0.2) is 0 Å². The number of benzene rings is 1. The standard InChI is InChI=1S/C27H31N3O5/c31-22(19-32-20-24-11-7-15-34-24)16-29(17-23-10-6-14-33-23)18-25-26(21-8-2-1-3-9-21)28-35-27(25)30-12-4-5-13-30/h1-3,6-11,14-15,22,31H,4-5,12-13,16-20H2. The fourth-order valence-electron chi connectivity index (χ4n) is 4.51. The summed E-state index contributed by atoms with van der Waals surface area (Å²) >= 11 is 0. The second-order valence-electron chi connectivity index (χ2n) is 8.87. The average Bonchev–Trinajstić information content (AvgIpc) is 3.68. The highest BCUT2D eigenvalue weighted by atomic mass is 16.5. The van der Waals surface area contributed by atoms with Crippen molar-refractivity contribution in [3.8, 4) is 11.3 Å². The quantitative estimate of drug-likeness (QED) is 0.314. The van der Waals surface area contributed by atoms with E-state index in [-0.39, 0.29) is 6.61 Å². The van der Waals surface area contributed by atoms with Gasteiger partial charge in [-0.2, -0.15) is 0 Å². The number of ether oxygens (including phenoxy) is 1. The van der Waals surface area contributed by atoms with Crippen molar-refractivity contribution >= 4 is 5.88 Å². The molecule has 1 N–H and O–H groups in total. The summed E-state index contributed by atoms with van der Waals surface area (Å²) < 4.78 is 22.5. The van der Waals surface area contributed by atoms with Crippen LogP contribution in [0.2, 0.25) is 0 Å². The molecule has 3 aromatic heterocycles. The Morgan fingerprint density at radius 3 is 2.40 bits per heavy atom. The number of anilines is 1. The first-order valence-electron chi connectivity index (χ1n) is 12.1. The minimum Gasteiger partial charge on any atom is -0.468 e. The Morgan fingerprint density at radius 1 is 0.943 bits per heavy atom. The van der Waals surface area contributed by atoms with E-state index in [1.54, 1.807) is 12.5 Å². The number of aliphatic hydroxyl groups excluding tert-OH is 1. The van der Waals surface area contributed by atoms with Gasteiger partial charge in [-0.1, -0.05) is 35.5 Å². The Kier molecular flexibility index (Phi) is 7.62. The van der Waals surface area contributed by atoms with Gasteiger partial charge in [-0.3, -0.25) is 4.90 Å². The van der Waals surface area contributed by atoms with Crippen LogP contribution in [0.1, 0.15) is 29.9 Å². The third-order valence-corrected chi connectivity index (χ3v) is 6.15. The van der Waals surface area contributed by atoms with Crippen LogP contribution >= 0.6 is 0 Å². The van der Waals surface area contributed by atoms with E-state index in [2.05, 4.69) is 15.0 Å². The van der Waals surface area contributed by atoms with Gasteiger partial charge >= 0.3 is 0 Å². The largest absolute Gasteiger partial charge is 0.468 e. The Hall–Kier alpha value is -3.33. The van der Waals surface area contributed by atoms with Gasteiger partial charge < -0.3 is 28.1 Å². The third kappa shape index (κ3) is 6.03. The minimum absolute atomic E-state index is 0.198. The summed E-state index contributed by atoms with van der Waals surface area (Å²) in [7, 11) is 0. The van der Waals surface area contributed by atoms with Crippen LogP contribution in [0.15, 0.2) is 80.5 Å². The third-order valence-electron chi connectivity index (χ3n) is 6.15. The van der Waals surface area contributed by atoms with Crippen LogP contribution in [0.25, 0.3) is 11.3 Å². The van der Waals surface area contributed by atoms with E-state index in [0.29, 0.717) is 26.2 Å². The predicted octanol–water partition coefficient (Wildman–Crippen LogP) is 4.71. The van der Waals surface area contributed by atoms with E-state index in [1.165, 1.54) is 0 Å². The van der Waals surface area contributed by atoms with Crippen molar-refractivity contribution in [1.82, 2.24) is 10.1 Å². The second kappa shape index (κ2) is 11.4. The minimum atomic E-state index is -0.685. The highest BCUT2D eigenvalue weighted by Gasteiger charge is 2.27. The normalized spacial score (nSPS) is 14.7. The van der Waals surface area contributed by atoms with Gasteiger partial charge in [-0.05, 0) is 37.1 Å². The molecule has 1 aliphatic rings. The van der Waals surface area contributed by atoms with Crippen molar-refractivity contribution in [3.63, 3.8) is 0 Å². The van der Waals surface area contributed by atoms with E-state index in [1.807, 2.05) is 54.6 Å². The van der Waals surface area contributed by atoms with Crippen molar-refractivity contribution in [2.75, 3.05) is 31.1 Å². The molecule has 4 heterocycles. The molecule has 1 aliphatic heterocycles. The highest BCUT2D eigenvalue weighted by molar-refractivity contribution is 5.68. The molecule has 5 rings (SSSR count). The molecule has 0 bridgehead atoms. The van der Waals surface area contributed by atoms with Crippen LogP contribution in [0.4, 0.5) is 5.88 Å². The van der Waals surface area contributed by atoms with Gasteiger partial charge in [0.25, 0.3) is 0 Å². The molecule has 1 aromatic carbocycles. The van der Waals surface area contributed by atoms with Crippen LogP contribution in [0, 0.1) is 0 Å². The van der Waals surface area contributed by atoms with Crippen molar-refractivity contribution in [2.45, 2.75) is 38.6 Å². The zero-order valence-corrected chi connectivity index (χ0v) is 19.7. The van der Waals surface area contributed by atoms with E-state index in [4.69, 9.17) is 18.1 Å². The molecule has 8 nitrogen and oxygen atoms in total. The van der Waals surface area contributed by atoms with Gasteiger partial charge in [0.2, 0.25) is 5.88 Å². The Bertz CT molecular complexity index is 1140. The molecule has 0 radical (unpaired) electrons. The Balaban J connectivity index is 1.35. The maximum absolute atomic E-state index is 10.8. The maximum atomic E-state index is 10.8. The predicted molar refractivity (Wildman–Crippen MR) is 131 cm³/mol. The number of hydrogen-bond acceptors (Lipinski definition) is 8. The van der Waals surface area contributed by atoms with Crippen molar-refractivity contribution < 1.29 is 23.2 Å². The molecule has 4 aromatic rings. The van der Waals surface area contributed by atoms with Crippen LogP contribution in [-0.2, 0) is 24.4 Å². The average molecular weight is 478 g/mol. The molecular weight excluding hydrogens is 446 g/mol. The van der Waals surface area contributed by atoms with Gasteiger partial charge in [0, 0.05) is 31.7 Å². The molecule has 8 heteroatoms. The van der Waals surface area contributed by atoms with Crippen LogP contribution in [-0.4, -0.2) is 47.5 Å². The zero-order valence-electron chi connectivity index (χ0n) is 19.7. The summed E-state index contributed by atoms with van der Waals surface area (Å²) in [6, 6.07) is 17.6. The van der Waals surface area contributed by atoms with E-state index < -0.39 is 6.10 Å². The summed E-state index contributed by atoms with van der Waals surface area (Å²) in [4.78, 5) is 4.42. The molecule has 0 spiro atoms. The Labute approximate surface area is 204 Å². The number of nitrogens with zero attached hydrogens (tertiary/aromatic N) is 3. The van der Waals surface area contributed by atoms with Gasteiger partial charge in [-0.25, -0.2) is 0 Å². The topological polar surface area (TPSA) is 88.2 Å². The summed E-state index contributed by atoms with van der Waals surface area (Å²) in [5.74, 6) is 2.38. The van der Waals surface area contributed by atoms with Crippen LogP contribution in [0.3, 0.4) is 0 Å². The molecule has 0 aliphatic carbocycles. The second-order valence-corrected chi connectivity index (χ2v) is 8.87. The first-order chi connectivity index (χ1) is 17.3. The summed E-state index contributed by atoms with van der Waals surface area (Å²) in [5.41, 5.74) is 2.87. The molecule has 1 fully saturated rings. The van der Waals surface area contributed by atoms with Crippen molar-refractivity contribution in [3.05, 3.63) is 84.2 Å². The smallest absolute Gasteiger partial charge is 0.232 e. The van der Waals surface area contributed by atoms with Crippen molar-refractivity contribution in [2.24, 2.45) is 0 Å². The Morgan fingerprint density at radius 2 is 1.69 bits per heavy atom. The van der Waals surface area contributed by atoms with Gasteiger partial charge in [0.1, 0.15) is 23.8 Å². The lowest BCUT2D eigenvalue weighted by Gasteiger charge is -2.25. The number of rotatable bonds is 12. The molecule has 184 valence electrons. The molecule has 35 heavy (non-hydrogen) atoms. The maximum Gasteiger partial charge on any atom is 0.232 e. The molecule has 0 amide bonds. The highest BCUT2D eigenvalue weighted by Crippen LogP contribution is 2.34. The molecule has 1 unspecified atom stereocenters. The lowest BCUT2D eigenvalue weighted by atomic mass is 10.1. The number of aliphatic hydroxyl groups is 1. The van der Waals surface area contributed by atoms with Gasteiger partial charge in [-0.15, -0.1) is 0 Å². The summed E-state index contributed by atoms with van der Waals surface area (Å²) in [6.07, 6.45) is 4.88. The van der Waals surface area contributed by atoms with E-state index in [9.17, 15) is 5.11 Å². The fourth-order valence-corrected chi connectivity index (χ4v) is 4.51. The summed E-state index contributed by atoms with van der Waals surface area (Å²) in [6.45, 7) is 3.93. The number of hydrogen-bond donors (Lipinski definition) is 1. The first-order valence-corrected chi connectivity index (χ1v) is 12.1. The van der Waals surface area contributed by atoms with Crippen LogP contribution < -0.4 is 4.90 Å². The number of aromatic nitrogens is 1. The van der Waals surface area contributed by atoms with Gasteiger partial charge in [0.05, 0.1) is 37.3 Å². The van der Waals surface area contributed by atoms with Crippen molar-refractivity contribution in [1.29, 1.82) is 0 Å². The zero-order chi connectivity index (χ0) is 23.9. The molecule has 0 saturated carbocycles. The summed E-state index contributed by atoms with van der Waals surface area (Å²) in [5, 5.41) is 15.3. The van der Waals surface area contributed by atoms with E-state index in [0.717, 1.165) is 60.2 Å². The molecule has 1 saturated heterocycles. The molecular formula is C27H31N3O5. The number of furan rings is 2. The van der Waals surface area contributed by atoms with Crippen LogP contribution in [0.5, 0.6) is 0 Å². The molecule has 1 atom stereocenters.